The van der Waals surface area contributed by atoms with Gasteiger partial charge >= 0.3 is 0 Å². The lowest BCUT2D eigenvalue weighted by molar-refractivity contribution is 0.669. The van der Waals surface area contributed by atoms with Crippen molar-refractivity contribution in [2.45, 2.75) is 0 Å². The van der Waals surface area contributed by atoms with E-state index in [0.717, 1.165) is 88.5 Å². The van der Waals surface area contributed by atoms with Gasteiger partial charge in [0.1, 0.15) is 22.3 Å². The van der Waals surface area contributed by atoms with Crippen molar-refractivity contribution in [3.05, 3.63) is 158 Å². The molecule has 0 bridgehead atoms. The topological polar surface area (TPSA) is 52.1 Å². The van der Waals surface area contributed by atoms with Crippen molar-refractivity contribution < 1.29 is 8.83 Å². The van der Waals surface area contributed by atoms with E-state index in [9.17, 15) is 0 Å². The maximum atomic E-state index is 6.64. The summed E-state index contributed by atoms with van der Waals surface area (Å²) in [6.07, 6.45) is 0. The molecule has 0 radical (unpaired) electrons. The van der Waals surface area contributed by atoms with Gasteiger partial charge in [0.05, 0.1) is 11.4 Å². The van der Waals surface area contributed by atoms with Crippen LogP contribution >= 0.6 is 0 Å². The van der Waals surface area contributed by atoms with Crippen molar-refractivity contribution in [2.24, 2.45) is 0 Å². The van der Waals surface area contributed by atoms with Crippen LogP contribution in [-0.2, 0) is 0 Å². The number of hydrogen-bond donors (Lipinski definition) is 0. The van der Waals surface area contributed by atoms with Crippen LogP contribution in [0.25, 0.3) is 99.7 Å². The van der Waals surface area contributed by atoms with Crippen LogP contribution in [0, 0.1) is 0 Å². The van der Waals surface area contributed by atoms with Crippen LogP contribution < -0.4 is 0 Å². The highest BCUT2D eigenvalue weighted by molar-refractivity contribution is 6.17. The second-order valence-electron chi connectivity index (χ2n) is 12.2. The molecule has 0 spiro atoms. The molecule has 3 aromatic heterocycles. The van der Waals surface area contributed by atoms with Crippen LogP contribution in [-0.4, -0.2) is 9.97 Å². The summed E-state index contributed by atoms with van der Waals surface area (Å²) < 4.78 is 12.9. The molecule has 3 heterocycles. The first-order chi connectivity index (χ1) is 23.8. The molecule has 0 aliphatic rings. The lowest BCUT2D eigenvalue weighted by atomic mass is 9.95. The number of para-hydroxylation sites is 1. The minimum absolute atomic E-state index is 0.626. The number of furan rings is 2. The third-order valence-corrected chi connectivity index (χ3v) is 9.26. The molecule has 0 unspecified atom stereocenters. The second kappa shape index (κ2) is 10.5. The number of aromatic nitrogens is 2. The van der Waals surface area contributed by atoms with Crippen molar-refractivity contribution in [3.63, 3.8) is 0 Å². The van der Waals surface area contributed by atoms with Crippen LogP contribution in [0.15, 0.2) is 167 Å². The molecule has 10 aromatic rings. The quantitative estimate of drug-likeness (QED) is 0.198. The number of fused-ring (bicyclic) bond motifs is 7. The zero-order valence-corrected chi connectivity index (χ0v) is 25.7. The molecule has 0 aliphatic carbocycles. The van der Waals surface area contributed by atoms with E-state index >= 15 is 0 Å². The summed E-state index contributed by atoms with van der Waals surface area (Å²) in [6, 6.07) is 54.3. The Hall–Kier alpha value is -6.52. The smallest absolute Gasteiger partial charge is 0.160 e. The fourth-order valence-corrected chi connectivity index (χ4v) is 7.03. The van der Waals surface area contributed by atoms with E-state index in [2.05, 4.69) is 103 Å². The third kappa shape index (κ3) is 4.24. The van der Waals surface area contributed by atoms with Gasteiger partial charge in [-0.2, -0.15) is 0 Å². The Bertz CT molecular complexity index is 2830. The van der Waals surface area contributed by atoms with Gasteiger partial charge in [-0.05, 0) is 64.4 Å². The highest BCUT2D eigenvalue weighted by Crippen LogP contribution is 2.42. The maximum Gasteiger partial charge on any atom is 0.160 e. The molecule has 0 fully saturated rings. The fourth-order valence-electron chi connectivity index (χ4n) is 7.03. The maximum absolute atomic E-state index is 6.64. The second-order valence-corrected chi connectivity index (χ2v) is 12.2. The molecule has 0 saturated heterocycles. The standard InChI is InChI=1S/C44H26N2O2/c1-3-12-27(13-4-1)34-23-31(25-41-43(34)35-22-29-16-7-8-17-30(29)24-40(35)48-41)44-45-36(28-14-5-2-6-15-28)26-37(46-44)32-19-11-21-39-42(32)33-18-9-10-20-38(33)47-39/h1-26H. The summed E-state index contributed by atoms with van der Waals surface area (Å²) in [7, 11) is 0. The number of nitrogens with zero attached hydrogens (tertiary/aromatic N) is 2. The molecule has 0 amide bonds. The summed E-state index contributed by atoms with van der Waals surface area (Å²) in [5.74, 6) is 0.626. The lowest BCUT2D eigenvalue weighted by Gasteiger charge is -2.12. The van der Waals surface area contributed by atoms with Crippen molar-refractivity contribution in [2.75, 3.05) is 0 Å². The predicted octanol–water partition coefficient (Wildman–Crippen LogP) is 12.1. The van der Waals surface area contributed by atoms with Crippen LogP contribution in [0.3, 0.4) is 0 Å². The highest BCUT2D eigenvalue weighted by Gasteiger charge is 2.20. The first-order valence-electron chi connectivity index (χ1n) is 16.1. The van der Waals surface area contributed by atoms with E-state index in [-0.39, 0.29) is 0 Å². The van der Waals surface area contributed by atoms with E-state index < -0.39 is 0 Å². The Balaban J connectivity index is 1.27. The van der Waals surface area contributed by atoms with Crippen molar-refractivity contribution in [1.29, 1.82) is 0 Å². The third-order valence-electron chi connectivity index (χ3n) is 9.26. The van der Waals surface area contributed by atoms with Gasteiger partial charge in [-0.15, -0.1) is 0 Å². The van der Waals surface area contributed by atoms with Crippen LogP contribution in [0.4, 0.5) is 0 Å². The Kier molecular flexibility index (Phi) is 5.84. The molecule has 0 atom stereocenters. The van der Waals surface area contributed by atoms with Gasteiger partial charge in [-0.3, -0.25) is 0 Å². The molecule has 4 heteroatoms. The number of rotatable bonds is 4. The zero-order chi connectivity index (χ0) is 31.6. The van der Waals surface area contributed by atoms with E-state index in [1.807, 2.05) is 54.6 Å². The Morgan fingerprint density at radius 2 is 1.00 bits per heavy atom. The Labute approximate surface area is 275 Å². The normalized spacial score (nSPS) is 11.8. The summed E-state index contributed by atoms with van der Waals surface area (Å²) in [4.78, 5) is 10.5. The van der Waals surface area contributed by atoms with Gasteiger partial charge in [-0.25, -0.2) is 9.97 Å². The number of benzene rings is 7. The van der Waals surface area contributed by atoms with Crippen molar-refractivity contribution in [3.8, 4) is 45.0 Å². The summed E-state index contributed by atoms with van der Waals surface area (Å²) in [5.41, 5.74) is 10.1. The van der Waals surface area contributed by atoms with E-state index in [0.29, 0.717) is 5.82 Å². The van der Waals surface area contributed by atoms with Gasteiger partial charge in [-0.1, -0.05) is 115 Å². The first-order valence-corrected chi connectivity index (χ1v) is 16.1. The largest absolute Gasteiger partial charge is 0.456 e. The van der Waals surface area contributed by atoms with Crippen molar-refractivity contribution >= 4 is 54.6 Å². The Morgan fingerprint density at radius 1 is 0.354 bits per heavy atom. The molecule has 7 aromatic carbocycles. The van der Waals surface area contributed by atoms with Gasteiger partial charge < -0.3 is 8.83 Å². The minimum atomic E-state index is 0.626. The molecule has 0 N–H and O–H groups in total. The van der Waals surface area contributed by atoms with Crippen molar-refractivity contribution in [1.82, 2.24) is 9.97 Å². The highest BCUT2D eigenvalue weighted by atomic mass is 16.3. The van der Waals surface area contributed by atoms with Crippen LogP contribution in [0.1, 0.15) is 0 Å². The van der Waals surface area contributed by atoms with Gasteiger partial charge in [0.2, 0.25) is 0 Å². The van der Waals surface area contributed by atoms with E-state index in [1.165, 1.54) is 5.39 Å². The molecule has 0 aliphatic heterocycles. The lowest BCUT2D eigenvalue weighted by Crippen LogP contribution is -1.96. The number of hydrogen-bond acceptors (Lipinski definition) is 4. The summed E-state index contributed by atoms with van der Waals surface area (Å²) in [5, 5.41) is 6.61. The molecule has 10 rings (SSSR count). The zero-order valence-electron chi connectivity index (χ0n) is 25.7. The molecular weight excluding hydrogens is 588 g/mol. The summed E-state index contributed by atoms with van der Waals surface area (Å²) >= 11 is 0. The fraction of sp³-hybridized carbons (Fsp3) is 0. The average Bonchev–Trinajstić information content (AvgIpc) is 3.72. The van der Waals surface area contributed by atoms with Gasteiger partial charge in [0.25, 0.3) is 0 Å². The predicted molar refractivity (Wildman–Crippen MR) is 196 cm³/mol. The molecule has 224 valence electrons. The van der Waals surface area contributed by atoms with E-state index in [4.69, 9.17) is 18.8 Å². The van der Waals surface area contributed by atoms with Gasteiger partial charge in [0.15, 0.2) is 5.82 Å². The Morgan fingerprint density at radius 3 is 1.83 bits per heavy atom. The average molecular weight is 615 g/mol. The molecule has 4 nitrogen and oxygen atoms in total. The monoisotopic (exact) mass is 614 g/mol. The van der Waals surface area contributed by atoms with E-state index in [1.54, 1.807) is 0 Å². The first kappa shape index (κ1) is 26.7. The van der Waals surface area contributed by atoms with Gasteiger partial charge in [0, 0.05) is 38.2 Å². The molecular formula is C44H26N2O2. The van der Waals surface area contributed by atoms with Crippen LogP contribution in [0.5, 0.6) is 0 Å². The SMILES string of the molecule is c1ccc(-c2cc(-c3cccc4oc5ccccc5c34)nc(-c3cc(-c4ccccc4)c4c(c3)oc3cc5ccccc5cc34)n2)cc1. The van der Waals surface area contributed by atoms with Crippen LogP contribution in [0.2, 0.25) is 0 Å². The molecule has 48 heavy (non-hydrogen) atoms. The molecule has 0 saturated carbocycles. The minimum Gasteiger partial charge on any atom is -0.456 e. The summed E-state index contributed by atoms with van der Waals surface area (Å²) in [6.45, 7) is 0.